The van der Waals surface area contributed by atoms with Crippen LogP contribution in [-0.4, -0.2) is 31.8 Å². The number of ether oxygens (including phenoxy) is 1. The van der Waals surface area contributed by atoms with Crippen LogP contribution in [0.4, 0.5) is 5.69 Å². The molecule has 0 bridgehead atoms. The lowest BCUT2D eigenvalue weighted by Gasteiger charge is -2.19. The summed E-state index contributed by atoms with van der Waals surface area (Å²) in [4.78, 5) is 12.5. The molecule has 1 N–H and O–H groups in total. The maximum absolute atomic E-state index is 10.4. The van der Waals surface area contributed by atoms with Gasteiger partial charge in [0.15, 0.2) is 0 Å². The Kier molecular flexibility index (Phi) is 5.33. The van der Waals surface area contributed by atoms with Gasteiger partial charge in [0.25, 0.3) is 0 Å². The molecule has 0 radical (unpaired) electrons. The van der Waals surface area contributed by atoms with E-state index in [9.17, 15) is 4.79 Å². The zero-order valence-corrected chi connectivity index (χ0v) is 10.3. The third-order valence-corrected chi connectivity index (χ3v) is 2.65. The molecule has 0 heterocycles. The lowest BCUT2D eigenvalue weighted by atomic mass is 10.2. The number of methoxy groups -OCH3 is 1. The number of aliphatic carboxylic acids is 1. The van der Waals surface area contributed by atoms with Crippen molar-refractivity contribution < 1.29 is 14.6 Å². The molecular weight excluding hydrogens is 218 g/mol. The summed E-state index contributed by atoms with van der Waals surface area (Å²) in [5.74, 6) is 0.116. The highest BCUT2D eigenvalue weighted by molar-refractivity contribution is 5.66. The van der Waals surface area contributed by atoms with Crippen molar-refractivity contribution in [2.75, 3.05) is 25.6 Å². The van der Waals surface area contributed by atoms with Gasteiger partial charge in [0.05, 0.1) is 7.11 Å². The van der Waals surface area contributed by atoms with E-state index in [1.54, 1.807) is 7.11 Å². The van der Waals surface area contributed by atoms with Crippen molar-refractivity contribution in [1.29, 1.82) is 0 Å². The van der Waals surface area contributed by atoms with Gasteiger partial charge in [-0.15, -0.1) is 0 Å². The summed E-state index contributed by atoms with van der Waals surface area (Å²) in [6.07, 6.45) is 1.85. The second-order valence-corrected chi connectivity index (χ2v) is 3.97. The number of carboxylic acids is 1. The van der Waals surface area contributed by atoms with Crippen LogP contribution in [0.25, 0.3) is 0 Å². The van der Waals surface area contributed by atoms with E-state index in [1.165, 1.54) is 0 Å². The van der Waals surface area contributed by atoms with Crippen molar-refractivity contribution in [3.63, 3.8) is 0 Å². The van der Waals surface area contributed by atoms with Gasteiger partial charge in [-0.3, -0.25) is 4.79 Å². The Bertz CT molecular complexity index is 348. The molecule has 4 nitrogen and oxygen atoms in total. The highest BCUT2D eigenvalue weighted by atomic mass is 16.5. The topological polar surface area (TPSA) is 49.8 Å². The molecule has 4 heteroatoms. The molecular formula is C13H19NO3. The second kappa shape index (κ2) is 6.78. The van der Waals surface area contributed by atoms with Crippen molar-refractivity contribution in [3.05, 3.63) is 24.3 Å². The van der Waals surface area contributed by atoms with E-state index in [1.807, 2.05) is 31.3 Å². The molecule has 1 rings (SSSR count). The van der Waals surface area contributed by atoms with E-state index in [0.717, 1.165) is 30.8 Å². The fraction of sp³-hybridized carbons (Fsp3) is 0.462. The zero-order chi connectivity index (χ0) is 12.7. The maximum atomic E-state index is 10.4. The number of carbonyl (C=O) groups is 1. The van der Waals surface area contributed by atoms with Crippen molar-refractivity contribution in [2.24, 2.45) is 0 Å². The quantitative estimate of drug-likeness (QED) is 0.740. The van der Waals surface area contributed by atoms with Gasteiger partial charge >= 0.3 is 5.97 Å². The Labute approximate surface area is 102 Å². The van der Waals surface area contributed by atoms with Gasteiger partial charge in [0.1, 0.15) is 5.75 Å². The molecule has 0 aliphatic rings. The molecule has 0 unspecified atom stereocenters. The highest BCUT2D eigenvalue weighted by Gasteiger charge is 2.02. The average Bonchev–Trinajstić information content (AvgIpc) is 2.34. The van der Waals surface area contributed by atoms with Crippen LogP contribution in [0.5, 0.6) is 5.75 Å². The standard InChI is InChI=1S/C13H19NO3/c1-14(10-4-3-5-13(15)16)11-6-8-12(17-2)9-7-11/h6-9H,3-5,10H2,1-2H3,(H,15,16). The second-order valence-electron chi connectivity index (χ2n) is 3.97. The fourth-order valence-electron chi connectivity index (χ4n) is 1.59. The third-order valence-electron chi connectivity index (χ3n) is 2.65. The predicted octanol–water partition coefficient (Wildman–Crippen LogP) is 2.39. The molecule has 17 heavy (non-hydrogen) atoms. The molecule has 0 saturated heterocycles. The third kappa shape index (κ3) is 4.76. The van der Waals surface area contributed by atoms with Gasteiger partial charge in [0.2, 0.25) is 0 Å². The van der Waals surface area contributed by atoms with E-state index in [4.69, 9.17) is 9.84 Å². The first-order valence-corrected chi connectivity index (χ1v) is 5.70. The molecule has 0 fully saturated rings. The van der Waals surface area contributed by atoms with Crippen LogP contribution < -0.4 is 9.64 Å². The molecule has 0 spiro atoms. The summed E-state index contributed by atoms with van der Waals surface area (Å²) >= 11 is 0. The summed E-state index contributed by atoms with van der Waals surface area (Å²) in [7, 11) is 3.65. The van der Waals surface area contributed by atoms with Crippen molar-refractivity contribution in [2.45, 2.75) is 19.3 Å². The number of rotatable bonds is 7. The summed E-state index contributed by atoms with van der Waals surface area (Å²) < 4.78 is 5.09. The Morgan fingerprint density at radius 3 is 2.47 bits per heavy atom. The van der Waals surface area contributed by atoms with Gasteiger partial charge in [-0.05, 0) is 37.1 Å². The monoisotopic (exact) mass is 237 g/mol. The largest absolute Gasteiger partial charge is 0.497 e. The molecule has 0 aliphatic carbocycles. The number of hydrogen-bond donors (Lipinski definition) is 1. The minimum absolute atomic E-state index is 0.246. The van der Waals surface area contributed by atoms with E-state index in [0.29, 0.717) is 0 Å². The number of hydrogen-bond acceptors (Lipinski definition) is 3. The Hall–Kier alpha value is -1.71. The van der Waals surface area contributed by atoms with Crippen molar-refractivity contribution in [3.8, 4) is 5.75 Å². The number of carboxylic acid groups (broad SMARTS) is 1. The van der Waals surface area contributed by atoms with Crippen molar-refractivity contribution in [1.82, 2.24) is 0 Å². The molecule has 0 aromatic heterocycles. The molecule has 1 aromatic rings. The minimum Gasteiger partial charge on any atom is -0.497 e. The maximum Gasteiger partial charge on any atom is 0.303 e. The van der Waals surface area contributed by atoms with Crippen molar-refractivity contribution >= 4 is 11.7 Å². The smallest absolute Gasteiger partial charge is 0.303 e. The van der Waals surface area contributed by atoms with E-state index in [-0.39, 0.29) is 6.42 Å². The summed E-state index contributed by atoms with van der Waals surface area (Å²) in [6, 6.07) is 7.83. The molecule has 0 aliphatic heterocycles. The SMILES string of the molecule is COc1ccc(N(C)CCCCC(=O)O)cc1. The fourth-order valence-corrected chi connectivity index (χ4v) is 1.59. The molecule has 0 amide bonds. The van der Waals surface area contributed by atoms with Crippen LogP contribution in [0, 0.1) is 0 Å². The first kappa shape index (κ1) is 13.4. The summed E-state index contributed by atoms with van der Waals surface area (Å²) in [5.41, 5.74) is 1.11. The number of nitrogens with zero attached hydrogens (tertiary/aromatic N) is 1. The number of benzene rings is 1. The molecule has 0 saturated carbocycles. The molecule has 0 atom stereocenters. The molecule has 94 valence electrons. The van der Waals surface area contributed by atoms with E-state index < -0.39 is 5.97 Å². The van der Waals surface area contributed by atoms with Crippen LogP contribution in [-0.2, 0) is 4.79 Å². The lowest BCUT2D eigenvalue weighted by Crippen LogP contribution is -2.18. The Morgan fingerprint density at radius 2 is 1.94 bits per heavy atom. The van der Waals surface area contributed by atoms with Gasteiger partial charge < -0.3 is 14.7 Å². The average molecular weight is 237 g/mol. The lowest BCUT2D eigenvalue weighted by molar-refractivity contribution is -0.137. The first-order valence-electron chi connectivity index (χ1n) is 5.70. The van der Waals surface area contributed by atoms with Gasteiger partial charge in [-0.25, -0.2) is 0 Å². The Morgan fingerprint density at radius 1 is 1.29 bits per heavy atom. The normalized spacial score (nSPS) is 10.0. The van der Waals surface area contributed by atoms with Crippen LogP contribution in [0.2, 0.25) is 0 Å². The first-order chi connectivity index (χ1) is 8.13. The Balaban J connectivity index is 2.35. The number of unbranched alkanes of at least 4 members (excludes halogenated alkanes) is 1. The van der Waals surface area contributed by atoms with Gasteiger partial charge in [-0.1, -0.05) is 0 Å². The van der Waals surface area contributed by atoms with E-state index >= 15 is 0 Å². The van der Waals surface area contributed by atoms with E-state index in [2.05, 4.69) is 4.90 Å². The van der Waals surface area contributed by atoms with Crippen LogP contribution in [0.1, 0.15) is 19.3 Å². The van der Waals surface area contributed by atoms with Crippen LogP contribution in [0.3, 0.4) is 0 Å². The summed E-state index contributed by atoms with van der Waals surface area (Å²) in [5, 5.41) is 8.53. The van der Waals surface area contributed by atoms with Crippen LogP contribution >= 0.6 is 0 Å². The zero-order valence-electron chi connectivity index (χ0n) is 10.3. The number of anilines is 1. The van der Waals surface area contributed by atoms with Gasteiger partial charge in [0, 0.05) is 25.7 Å². The highest BCUT2D eigenvalue weighted by Crippen LogP contribution is 2.18. The van der Waals surface area contributed by atoms with Gasteiger partial charge in [-0.2, -0.15) is 0 Å². The minimum atomic E-state index is -0.725. The predicted molar refractivity (Wildman–Crippen MR) is 67.8 cm³/mol. The summed E-state index contributed by atoms with van der Waals surface area (Å²) in [6.45, 7) is 0.861. The molecule has 1 aromatic carbocycles. The van der Waals surface area contributed by atoms with Crippen LogP contribution in [0.15, 0.2) is 24.3 Å².